The number of aliphatic carboxylic acids is 1. The summed E-state index contributed by atoms with van der Waals surface area (Å²) in [5, 5.41) is 10.1. The molecule has 0 saturated carbocycles. The Labute approximate surface area is 204 Å². The average Bonchev–Trinajstić information content (AvgIpc) is 3.03. The van der Waals surface area contributed by atoms with Crippen molar-refractivity contribution in [2.24, 2.45) is 0 Å². The van der Waals surface area contributed by atoms with Gasteiger partial charge in [0.1, 0.15) is 11.8 Å². The number of sulfonamides is 1. The highest BCUT2D eigenvalue weighted by atomic mass is 32.2. The lowest BCUT2D eigenvalue weighted by atomic mass is 10.0. The fourth-order valence-corrected chi connectivity index (χ4v) is 5.74. The van der Waals surface area contributed by atoms with Crippen molar-refractivity contribution >= 4 is 27.6 Å². The van der Waals surface area contributed by atoms with Crippen molar-refractivity contribution in [2.45, 2.75) is 31.3 Å². The van der Waals surface area contributed by atoms with Crippen LogP contribution in [-0.2, 0) is 21.4 Å². The molecule has 1 heterocycles. The van der Waals surface area contributed by atoms with E-state index in [1.807, 2.05) is 26.0 Å². The zero-order valence-corrected chi connectivity index (χ0v) is 20.5. The minimum absolute atomic E-state index is 0.0589. The highest BCUT2D eigenvalue weighted by Gasteiger charge is 2.41. The van der Waals surface area contributed by atoms with Gasteiger partial charge in [-0.15, -0.1) is 0 Å². The number of aryl methyl sites for hydroxylation is 2. The highest BCUT2D eigenvalue weighted by Crippen LogP contribution is 2.33. The van der Waals surface area contributed by atoms with Gasteiger partial charge in [-0.1, -0.05) is 35.9 Å². The maximum absolute atomic E-state index is 13.7. The van der Waals surface area contributed by atoms with E-state index in [0.29, 0.717) is 22.6 Å². The van der Waals surface area contributed by atoms with Gasteiger partial charge in [-0.25, -0.2) is 8.42 Å². The molecule has 1 N–H and O–H groups in total. The molecule has 0 aliphatic carbocycles. The summed E-state index contributed by atoms with van der Waals surface area (Å²) in [6.45, 7) is 3.15. The smallest absolute Gasteiger partial charge is 0.323 e. The van der Waals surface area contributed by atoms with E-state index < -0.39 is 22.0 Å². The van der Waals surface area contributed by atoms with Crippen LogP contribution < -0.4 is 9.64 Å². The second kappa shape index (κ2) is 9.52. The number of nitrogens with zero attached hydrogens (tertiary/aromatic N) is 2. The Bertz CT molecular complexity index is 1390. The van der Waals surface area contributed by atoms with Crippen LogP contribution in [0.3, 0.4) is 0 Å². The first-order valence-corrected chi connectivity index (χ1v) is 12.4. The first kappa shape index (κ1) is 24.4. The van der Waals surface area contributed by atoms with Gasteiger partial charge in [0, 0.05) is 17.8 Å². The van der Waals surface area contributed by atoms with E-state index in [4.69, 9.17) is 4.74 Å². The molecule has 0 spiro atoms. The van der Waals surface area contributed by atoms with E-state index in [9.17, 15) is 23.1 Å². The van der Waals surface area contributed by atoms with Gasteiger partial charge < -0.3 is 14.7 Å². The number of carboxylic acids is 1. The summed E-state index contributed by atoms with van der Waals surface area (Å²) in [6, 6.07) is 16.6. The molecular formula is C26H26N2O6S. The molecule has 0 radical (unpaired) electrons. The minimum Gasteiger partial charge on any atom is -0.497 e. The maximum Gasteiger partial charge on any atom is 0.323 e. The third-order valence-corrected chi connectivity index (χ3v) is 8.00. The Kier molecular flexibility index (Phi) is 6.64. The lowest BCUT2D eigenvalue weighted by Crippen LogP contribution is -2.50. The second-order valence-electron chi connectivity index (χ2n) is 8.44. The number of para-hydroxylation sites is 1. The van der Waals surface area contributed by atoms with Gasteiger partial charge in [0.25, 0.3) is 5.91 Å². The molecule has 1 atom stereocenters. The zero-order chi connectivity index (χ0) is 25.3. The van der Waals surface area contributed by atoms with Gasteiger partial charge >= 0.3 is 5.97 Å². The Morgan fingerprint density at radius 2 is 1.69 bits per heavy atom. The number of anilines is 1. The van der Waals surface area contributed by atoms with Crippen LogP contribution in [0.4, 0.5) is 5.69 Å². The number of methoxy groups -OCH3 is 1. The summed E-state index contributed by atoms with van der Waals surface area (Å²) in [5.41, 5.74) is 3.09. The van der Waals surface area contributed by atoms with E-state index in [-0.39, 0.29) is 23.9 Å². The number of hydrogen-bond acceptors (Lipinski definition) is 5. The van der Waals surface area contributed by atoms with Gasteiger partial charge in [0.2, 0.25) is 10.0 Å². The molecule has 0 fully saturated rings. The molecule has 1 amide bonds. The first-order chi connectivity index (χ1) is 16.6. The van der Waals surface area contributed by atoms with Crippen LogP contribution in [0.2, 0.25) is 0 Å². The summed E-state index contributed by atoms with van der Waals surface area (Å²) in [6.07, 6.45) is 0. The topological polar surface area (TPSA) is 104 Å². The van der Waals surface area contributed by atoms with E-state index in [2.05, 4.69) is 0 Å². The standard InChI is InChI=1S/C26H26N2O6S/c1-17-8-9-18(2)22(14-17)25(29)27-16-24(26(30)31)28(15-19-6-4-5-7-23(19)27)35(32,33)21-12-10-20(34-3)11-13-21/h4-14,24H,15-16H2,1-3H3,(H,30,31). The number of carbonyl (C=O) groups is 2. The van der Waals surface area contributed by atoms with E-state index >= 15 is 0 Å². The number of carbonyl (C=O) groups excluding carboxylic acids is 1. The van der Waals surface area contributed by atoms with Gasteiger partial charge in [0.05, 0.1) is 18.6 Å². The zero-order valence-electron chi connectivity index (χ0n) is 19.6. The summed E-state index contributed by atoms with van der Waals surface area (Å²) in [5.74, 6) is -1.24. The Morgan fingerprint density at radius 3 is 2.34 bits per heavy atom. The van der Waals surface area contributed by atoms with Crippen molar-refractivity contribution in [3.63, 3.8) is 0 Å². The summed E-state index contributed by atoms with van der Waals surface area (Å²) in [4.78, 5) is 27.4. The van der Waals surface area contributed by atoms with Crippen LogP contribution in [0.5, 0.6) is 5.75 Å². The molecule has 0 bridgehead atoms. The van der Waals surface area contributed by atoms with Crippen LogP contribution in [-0.4, -0.2) is 49.4 Å². The van der Waals surface area contributed by atoms with E-state index in [1.54, 1.807) is 30.3 Å². The fraction of sp³-hybridized carbons (Fsp3) is 0.231. The molecule has 1 aliphatic heterocycles. The van der Waals surface area contributed by atoms with Crippen LogP contribution in [0.15, 0.2) is 71.6 Å². The number of rotatable bonds is 5. The molecule has 0 aromatic heterocycles. The predicted molar refractivity (Wildman–Crippen MR) is 131 cm³/mol. The molecule has 35 heavy (non-hydrogen) atoms. The number of ether oxygens (including phenoxy) is 1. The third-order valence-electron chi connectivity index (χ3n) is 6.13. The van der Waals surface area contributed by atoms with Gasteiger partial charge in [-0.3, -0.25) is 9.59 Å². The van der Waals surface area contributed by atoms with Gasteiger partial charge in [-0.2, -0.15) is 4.31 Å². The van der Waals surface area contributed by atoms with E-state index in [0.717, 1.165) is 15.4 Å². The second-order valence-corrected chi connectivity index (χ2v) is 10.3. The molecule has 1 aliphatic rings. The lowest BCUT2D eigenvalue weighted by Gasteiger charge is -2.28. The fourth-order valence-electron chi connectivity index (χ4n) is 4.19. The molecule has 9 heteroatoms. The summed E-state index contributed by atoms with van der Waals surface area (Å²) in [7, 11) is -2.75. The largest absolute Gasteiger partial charge is 0.497 e. The van der Waals surface area contributed by atoms with Gasteiger partial charge in [-0.05, 0) is 61.4 Å². The highest BCUT2D eigenvalue weighted by molar-refractivity contribution is 7.89. The van der Waals surface area contributed by atoms with Crippen LogP contribution in [0.25, 0.3) is 0 Å². The Morgan fingerprint density at radius 1 is 1.00 bits per heavy atom. The quantitative estimate of drug-likeness (QED) is 0.581. The van der Waals surface area contributed by atoms with Crippen LogP contribution in [0.1, 0.15) is 27.0 Å². The number of benzene rings is 3. The number of amides is 1. The minimum atomic E-state index is -4.22. The molecule has 3 aromatic carbocycles. The summed E-state index contributed by atoms with van der Waals surface area (Å²) < 4.78 is 33.3. The number of fused-ring (bicyclic) bond motifs is 1. The van der Waals surface area contributed by atoms with Crippen molar-refractivity contribution < 1.29 is 27.9 Å². The SMILES string of the molecule is COc1ccc(S(=O)(=O)N2Cc3ccccc3N(C(=O)c3cc(C)ccc3C)CC2C(=O)O)cc1. The molecule has 1 unspecified atom stereocenters. The van der Waals surface area contributed by atoms with Crippen molar-refractivity contribution in [3.8, 4) is 5.75 Å². The number of hydrogen-bond donors (Lipinski definition) is 1. The van der Waals surface area contributed by atoms with Crippen LogP contribution in [0, 0.1) is 13.8 Å². The van der Waals surface area contributed by atoms with Gasteiger partial charge in [0.15, 0.2) is 0 Å². The monoisotopic (exact) mass is 494 g/mol. The normalized spacial score (nSPS) is 16.3. The molecule has 8 nitrogen and oxygen atoms in total. The van der Waals surface area contributed by atoms with Crippen molar-refractivity contribution in [1.29, 1.82) is 0 Å². The molecule has 182 valence electrons. The molecular weight excluding hydrogens is 468 g/mol. The van der Waals surface area contributed by atoms with Crippen molar-refractivity contribution in [3.05, 3.63) is 89.0 Å². The molecule has 4 rings (SSSR count). The lowest BCUT2D eigenvalue weighted by molar-refractivity contribution is -0.141. The van der Waals surface area contributed by atoms with Crippen molar-refractivity contribution in [1.82, 2.24) is 4.31 Å². The summed E-state index contributed by atoms with van der Waals surface area (Å²) >= 11 is 0. The predicted octanol–water partition coefficient (Wildman–Crippen LogP) is 3.62. The first-order valence-electron chi connectivity index (χ1n) is 11.0. The van der Waals surface area contributed by atoms with E-state index in [1.165, 1.54) is 36.3 Å². The number of carboxylic acid groups (broad SMARTS) is 1. The molecule has 3 aromatic rings. The van der Waals surface area contributed by atoms with Crippen LogP contribution >= 0.6 is 0 Å². The third kappa shape index (κ3) is 4.65. The van der Waals surface area contributed by atoms with Crippen molar-refractivity contribution in [2.75, 3.05) is 18.6 Å². The Balaban J connectivity index is 1.83. The Hall–Kier alpha value is -3.69. The average molecular weight is 495 g/mol. The maximum atomic E-state index is 13.7. The molecule has 0 saturated heterocycles.